The highest BCUT2D eigenvalue weighted by molar-refractivity contribution is 9.10. The summed E-state index contributed by atoms with van der Waals surface area (Å²) in [5, 5.41) is 0. The van der Waals surface area contributed by atoms with E-state index in [9.17, 15) is 0 Å². The largest absolute Gasteiger partial charge is 0.407 e. The predicted octanol–water partition coefficient (Wildman–Crippen LogP) is 5.97. The fourth-order valence-electron chi connectivity index (χ4n) is 4.28. The van der Waals surface area contributed by atoms with E-state index in [4.69, 9.17) is 11.2 Å². The number of benzene rings is 3. The Morgan fingerprint density at radius 2 is 1.00 bits per heavy atom. The molecular weight excluding hydrogens is 612 g/mol. The van der Waals surface area contributed by atoms with Crippen molar-refractivity contribution in [1.29, 1.82) is 0 Å². The summed E-state index contributed by atoms with van der Waals surface area (Å²) in [6.45, 7) is 4.21. The molecule has 0 aromatic heterocycles. The second-order valence-corrected chi connectivity index (χ2v) is 10.2. The molecule has 0 radical (unpaired) electrons. The van der Waals surface area contributed by atoms with Gasteiger partial charge in [0.1, 0.15) is 16.2 Å². The van der Waals surface area contributed by atoms with Gasteiger partial charge in [0.25, 0.3) is 0 Å². The van der Waals surface area contributed by atoms with Gasteiger partial charge in [-0.15, -0.1) is 6.42 Å². The quantitative estimate of drug-likeness (QED) is 0.251. The summed E-state index contributed by atoms with van der Waals surface area (Å²) in [6, 6.07) is 21.1. The standard InChI is InChI=1S/C43H17BrO/c1-4-5-6-7-8-9-10-11-12-13-14-15-16-17-18-19-20-21-22-23-31-45-38-28-30-40-39-29-27-36(3)33-41(39)43(44,42(40)34-38)37-26-24-25-35(2)32-37/h1,24-30,32-34H,2-3H3. The molecule has 202 valence electrons. The Morgan fingerprint density at radius 3 is 1.53 bits per heavy atom. The number of alkyl halides is 1. The Kier molecular flexibility index (Phi) is 11.0. The van der Waals surface area contributed by atoms with Crippen LogP contribution in [0.5, 0.6) is 5.75 Å². The smallest absolute Gasteiger partial charge is 0.140 e. The Morgan fingerprint density at radius 1 is 0.533 bits per heavy atom. The highest BCUT2D eigenvalue weighted by atomic mass is 79.9. The van der Waals surface area contributed by atoms with E-state index in [1.54, 1.807) is 0 Å². The van der Waals surface area contributed by atoms with Gasteiger partial charge < -0.3 is 4.74 Å². The van der Waals surface area contributed by atoms with Gasteiger partial charge in [-0.1, -0.05) is 75.6 Å². The molecule has 0 saturated carbocycles. The van der Waals surface area contributed by atoms with Crippen molar-refractivity contribution < 1.29 is 4.74 Å². The molecule has 0 bridgehead atoms. The molecule has 1 nitrogen and oxygen atoms in total. The molecular formula is C43H17BrO. The normalized spacial score (nSPS) is 11.5. The van der Waals surface area contributed by atoms with Crippen LogP contribution in [0.4, 0.5) is 0 Å². The van der Waals surface area contributed by atoms with E-state index >= 15 is 0 Å². The van der Waals surface area contributed by atoms with Gasteiger partial charge in [-0.2, -0.15) is 0 Å². The summed E-state index contributed by atoms with van der Waals surface area (Å²) in [4.78, 5) is 0. The first-order valence-corrected chi connectivity index (χ1v) is 14.0. The zero-order valence-electron chi connectivity index (χ0n) is 24.1. The molecule has 3 aromatic carbocycles. The summed E-state index contributed by atoms with van der Waals surface area (Å²) < 4.78 is 5.21. The molecule has 3 aromatic rings. The van der Waals surface area contributed by atoms with Crippen LogP contribution >= 0.6 is 15.9 Å². The van der Waals surface area contributed by atoms with Crippen LogP contribution < -0.4 is 4.74 Å². The lowest BCUT2D eigenvalue weighted by atomic mass is 9.87. The highest BCUT2D eigenvalue weighted by Crippen LogP contribution is 2.57. The first-order chi connectivity index (χ1) is 22.0. The molecule has 0 saturated heterocycles. The van der Waals surface area contributed by atoms with Crippen LogP contribution in [-0.4, -0.2) is 0 Å². The van der Waals surface area contributed by atoms with E-state index in [2.05, 4.69) is 203 Å². The average molecular weight is 630 g/mol. The molecule has 2 heteroatoms. The molecule has 1 aliphatic carbocycles. The lowest BCUT2D eigenvalue weighted by Crippen LogP contribution is -2.18. The fourth-order valence-corrected chi connectivity index (χ4v) is 5.18. The van der Waals surface area contributed by atoms with Crippen LogP contribution in [-0.2, 0) is 4.32 Å². The molecule has 45 heavy (non-hydrogen) atoms. The number of hydrogen-bond donors (Lipinski definition) is 0. The fraction of sp³-hybridized carbons (Fsp3) is 0.0698. The van der Waals surface area contributed by atoms with Gasteiger partial charge in [-0.05, 0) is 101 Å². The molecule has 0 spiro atoms. The van der Waals surface area contributed by atoms with Crippen molar-refractivity contribution in [3.05, 3.63) is 88.5 Å². The van der Waals surface area contributed by atoms with Gasteiger partial charge in [0.15, 0.2) is 0 Å². The summed E-state index contributed by atoms with van der Waals surface area (Å²) in [7, 11) is 0. The van der Waals surface area contributed by atoms with Crippen LogP contribution in [0.2, 0.25) is 0 Å². The number of rotatable bonds is 2. The number of hydrogen-bond acceptors (Lipinski definition) is 1. The lowest BCUT2D eigenvalue weighted by molar-refractivity contribution is 0.519. The predicted molar refractivity (Wildman–Crippen MR) is 184 cm³/mol. The van der Waals surface area contributed by atoms with Gasteiger partial charge in [-0.25, -0.2) is 0 Å². The SMILES string of the molecule is C#CC#CC#CC#CC#CC#CC#CC#CC#CC#CC#COc1ccc2c(c1)C(Br)(c1cccc(C)c1)c1cc(C)ccc1-2. The van der Waals surface area contributed by atoms with Gasteiger partial charge in [-0.3, -0.25) is 0 Å². The van der Waals surface area contributed by atoms with E-state index in [-0.39, 0.29) is 0 Å². The summed E-state index contributed by atoms with van der Waals surface area (Å²) in [6.07, 6.45) is 7.60. The molecule has 0 fully saturated rings. The second-order valence-electron chi connectivity index (χ2n) is 9.01. The van der Waals surface area contributed by atoms with Crippen LogP contribution in [0, 0.1) is 145 Å². The second kappa shape index (κ2) is 15.9. The van der Waals surface area contributed by atoms with E-state index in [0.717, 1.165) is 16.7 Å². The van der Waals surface area contributed by atoms with Crippen LogP contribution in [0.15, 0.2) is 60.7 Å². The third-order valence-electron chi connectivity index (χ3n) is 6.03. The Hall–Kier alpha value is -6.90. The summed E-state index contributed by atoms with van der Waals surface area (Å²) in [5.74, 6) is 50.9. The summed E-state index contributed by atoms with van der Waals surface area (Å²) >= 11 is 4.14. The Balaban J connectivity index is 1.38. The molecule has 1 aliphatic rings. The monoisotopic (exact) mass is 628 g/mol. The summed E-state index contributed by atoms with van der Waals surface area (Å²) in [5.41, 5.74) is 8.21. The first-order valence-electron chi connectivity index (χ1n) is 13.2. The van der Waals surface area contributed by atoms with E-state index in [0.29, 0.717) is 5.75 Å². The van der Waals surface area contributed by atoms with Crippen molar-refractivity contribution in [2.24, 2.45) is 0 Å². The Bertz CT molecular complexity index is 2400. The minimum absolute atomic E-state index is 0.505. The average Bonchev–Trinajstić information content (AvgIpc) is 3.29. The van der Waals surface area contributed by atoms with Crippen molar-refractivity contribution in [2.75, 3.05) is 0 Å². The van der Waals surface area contributed by atoms with Crippen LogP contribution in [0.25, 0.3) is 11.1 Å². The molecule has 1 atom stereocenters. The minimum Gasteiger partial charge on any atom is -0.407 e. The van der Waals surface area contributed by atoms with E-state index in [1.165, 1.54) is 22.3 Å². The molecule has 4 rings (SSSR count). The van der Waals surface area contributed by atoms with Crippen molar-refractivity contribution in [3.8, 4) is 148 Å². The van der Waals surface area contributed by atoms with Crippen LogP contribution in [0.1, 0.15) is 27.8 Å². The number of fused-ring (bicyclic) bond motifs is 3. The van der Waals surface area contributed by atoms with Crippen molar-refractivity contribution in [1.82, 2.24) is 0 Å². The lowest BCUT2D eigenvalue weighted by Gasteiger charge is -2.27. The number of terminal acetylenes is 1. The highest BCUT2D eigenvalue weighted by Gasteiger charge is 2.43. The topological polar surface area (TPSA) is 9.23 Å². The maximum atomic E-state index is 5.72. The first kappa shape index (κ1) is 31.0. The molecule has 1 unspecified atom stereocenters. The van der Waals surface area contributed by atoms with Gasteiger partial charge >= 0.3 is 0 Å². The van der Waals surface area contributed by atoms with E-state index < -0.39 is 4.32 Å². The molecule has 0 aliphatic heterocycles. The van der Waals surface area contributed by atoms with Gasteiger partial charge in [0.2, 0.25) is 0 Å². The van der Waals surface area contributed by atoms with E-state index in [1.807, 2.05) is 12.1 Å². The van der Waals surface area contributed by atoms with Crippen molar-refractivity contribution >= 4 is 15.9 Å². The molecule has 0 amide bonds. The number of halogens is 1. The molecule has 0 heterocycles. The third-order valence-corrected chi connectivity index (χ3v) is 7.34. The third kappa shape index (κ3) is 8.32. The van der Waals surface area contributed by atoms with Crippen molar-refractivity contribution in [2.45, 2.75) is 18.2 Å². The maximum Gasteiger partial charge on any atom is 0.140 e. The zero-order chi connectivity index (χ0) is 31.7. The maximum absolute atomic E-state index is 5.72. The zero-order valence-corrected chi connectivity index (χ0v) is 25.7. The molecule has 0 N–H and O–H groups in total. The Labute approximate surface area is 274 Å². The van der Waals surface area contributed by atoms with Gasteiger partial charge in [0, 0.05) is 71.0 Å². The number of ether oxygens (including phenoxy) is 1. The van der Waals surface area contributed by atoms with Crippen LogP contribution in [0.3, 0.4) is 0 Å². The van der Waals surface area contributed by atoms with Gasteiger partial charge in [0.05, 0.1) is 0 Å². The van der Waals surface area contributed by atoms with Crippen molar-refractivity contribution in [3.63, 3.8) is 0 Å². The minimum atomic E-state index is -0.505. The number of aryl methyl sites for hydroxylation is 2.